The Labute approximate surface area is 190 Å². The molecule has 0 N–H and O–H groups in total. The smallest absolute Gasteiger partial charge is 0.272 e. The molecule has 0 spiro atoms. The Balaban J connectivity index is 1.64. The number of thiazole rings is 1. The van der Waals surface area contributed by atoms with Crippen molar-refractivity contribution >= 4 is 77.2 Å². The topological polar surface area (TPSA) is 46.3 Å². The Bertz CT molecular complexity index is 1390. The van der Waals surface area contributed by atoms with Gasteiger partial charge in [0.25, 0.3) is 5.91 Å². The van der Waals surface area contributed by atoms with E-state index >= 15 is 0 Å². The Morgan fingerprint density at radius 3 is 2.67 bits per heavy atom. The molecule has 0 saturated heterocycles. The highest BCUT2D eigenvalue weighted by molar-refractivity contribution is 7.23. The molecular formula is C22H14Cl2N2O2S2. The van der Waals surface area contributed by atoms with Crippen LogP contribution in [0.1, 0.15) is 21.0 Å². The zero-order valence-corrected chi connectivity index (χ0v) is 18.8. The third-order valence-electron chi connectivity index (χ3n) is 4.84. The number of aryl methyl sites for hydroxylation is 1. The van der Waals surface area contributed by atoms with E-state index < -0.39 is 0 Å². The molecule has 0 radical (unpaired) electrons. The predicted molar refractivity (Wildman–Crippen MR) is 125 cm³/mol. The molecule has 5 aromatic rings. The zero-order chi connectivity index (χ0) is 20.8. The summed E-state index contributed by atoms with van der Waals surface area (Å²) in [5.74, 6) is 0.454. The summed E-state index contributed by atoms with van der Waals surface area (Å²) in [5.41, 5.74) is 1.68. The van der Waals surface area contributed by atoms with Crippen LogP contribution in [-0.4, -0.2) is 10.9 Å². The number of anilines is 1. The van der Waals surface area contributed by atoms with Crippen molar-refractivity contribution < 1.29 is 9.21 Å². The molecule has 0 fully saturated rings. The Morgan fingerprint density at radius 2 is 1.90 bits per heavy atom. The maximum absolute atomic E-state index is 13.6. The monoisotopic (exact) mass is 472 g/mol. The second-order valence-corrected chi connectivity index (χ2v) is 9.57. The third kappa shape index (κ3) is 3.30. The SMILES string of the molecule is Cc1c(Cl)ccc2sc(N(Cc3ccco3)C(=O)c3sc4ccccc4c3Cl)nc12. The van der Waals surface area contributed by atoms with Crippen LogP contribution in [0.4, 0.5) is 5.13 Å². The molecule has 2 aromatic carbocycles. The van der Waals surface area contributed by atoms with Crippen LogP contribution in [0, 0.1) is 6.92 Å². The van der Waals surface area contributed by atoms with E-state index in [2.05, 4.69) is 0 Å². The lowest BCUT2D eigenvalue weighted by atomic mass is 10.2. The molecule has 30 heavy (non-hydrogen) atoms. The fourth-order valence-corrected chi connectivity index (χ4v) is 5.90. The molecule has 1 amide bonds. The average Bonchev–Trinajstić information content (AvgIpc) is 3.48. The first-order valence-electron chi connectivity index (χ1n) is 9.10. The van der Waals surface area contributed by atoms with Crippen molar-refractivity contribution in [3.8, 4) is 0 Å². The predicted octanol–water partition coefficient (Wildman–Crippen LogP) is 7.57. The minimum Gasteiger partial charge on any atom is -0.467 e. The van der Waals surface area contributed by atoms with Crippen molar-refractivity contribution in [2.45, 2.75) is 13.5 Å². The zero-order valence-electron chi connectivity index (χ0n) is 15.7. The number of fused-ring (bicyclic) bond motifs is 2. The quantitative estimate of drug-likeness (QED) is 0.271. The summed E-state index contributed by atoms with van der Waals surface area (Å²) < 4.78 is 7.44. The number of aromatic nitrogens is 1. The number of carbonyl (C=O) groups is 1. The van der Waals surface area contributed by atoms with Gasteiger partial charge in [0, 0.05) is 15.1 Å². The molecule has 3 heterocycles. The number of furan rings is 1. The maximum Gasteiger partial charge on any atom is 0.272 e. The van der Waals surface area contributed by atoms with Gasteiger partial charge in [-0.15, -0.1) is 11.3 Å². The van der Waals surface area contributed by atoms with Gasteiger partial charge in [-0.3, -0.25) is 9.69 Å². The first kappa shape index (κ1) is 19.6. The first-order valence-corrected chi connectivity index (χ1v) is 11.5. The Kier molecular flexibility index (Phi) is 5.03. The van der Waals surface area contributed by atoms with Gasteiger partial charge in [0.15, 0.2) is 5.13 Å². The standard InChI is InChI=1S/C22H14Cl2N2O2S2/c1-12-15(23)8-9-17-19(12)25-22(30-17)26(11-13-5-4-10-28-13)21(27)20-18(24)14-6-2-3-7-16(14)29-20/h2-10H,11H2,1H3. The van der Waals surface area contributed by atoms with Crippen molar-refractivity contribution in [3.05, 3.63) is 81.0 Å². The molecule has 0 aliphatic rings. The minimum absolute atomic E-state index is 0.208. The first-order chi connectivity index (χ1) is 14.5. The van der Waals surface area contributed by atoms with Crippen molar-refractivity contribution in [2.24, 2.45) is 0 Å². The van der Waals surface area contributed by atoms with Gasteiger partial charge in [0.05, 0.1) is 28.0 Å². The Hall–Kier alpha value is -2.38. The van der Waals surface area contributed by atoms with E-state index in [1.807, 2.05) is 49.4 Å². The van der Waals surface area contributed by atoms with Crippen LogP contribution in [0.5, 0.6) is 0 Å². The summed E-state index contributed by atoms with van der Waals surface area (Å²) in [6.07, 6.45) is 1.59. The van der Waals surface area contributed by atoms with Gasteiger partial charge in [-0.05, 0) is 42.8 Å². The van der Waals surface area contributed by atoms with Crippen molar-refractivity contribution in [2.75, 3.05) is 4.90 Å². The van der Waals surface area contributed by atoms with Crippen molar-refractivity contribution in [1.29, 1.82) is 0 Å². The average molecular weight is 473 g/mol. The summed E-state index contributed by atoms with van der Waals surface area (Å²) in [6, 6.07) is 15.1. The van der Waals surface area contributed by atoms with Crippen LogP contribution >= 0.6 is 45.9 Å². The molecule has 150 valence electrons. The fraction of sp³-hybridized carbons (Fsp3) is 0.0909. The van der Waals surface area contributed by atoms with Gasteiger partial charge >= 0.3 is 0 Å². The van der Waals surface area contributed by atoms with Gasteiger partial charge in [0.2, 0.25) is 0 Å². The lowest BCUT2D eigenvalue weighted by Gasteiger charge is -2.18. The second kappa shape index (κ2) is 7.71. The van der Waals surface area contributed by atoms with Crippen LogP contribution < -0.4 is 4.90 Å². The Morgan fingerprint density at radius 1 is 1.07 bits per heavy atom. The number of nitrogens with zero attached hydrogens (tertiary/aromatic N) is 2. The molecule has 0 atom stereocenters. The molecule has 0 aliphatic carbocycles. The van der Waals surface area contributed by atoms with E-state index in [0.717, 1.165) is 25.9 Å². The highest BCUT2D eigenvalue weighted by Gasteiger charge is 2.27. The van der Waals surface area contributed by atoms with E-state index in [4.69, 9.17) is 32.6 Å². The number of carbonyl (C=O) groups excluding carboxylic acids is 1. The van der Waals surface area contributed by atoms with Crippen LogP contribution in [0.2, 0.25) is 10.0 Å². The molecule has 0 saturated carbocycles. The number of amides is 1. The van der Waals surface area contributed by atoms with Gasteiger partial charge in [-0.25, -0.2) is 4.98 Å². The third-order valence-corrected chi connectivity index (χ3v) is 7.95. The van der Waals surface area contributed by atoms with E-state index in [1.165, 1.54) is 22.7 Å². The highest BCUT2D eigenvalue weighted by atomic mass is 35.5. The molecule has 0 bridgehead atoms. The molecule has 0 unspecified atom stereocenters. The highest BCUT2D eigenvalue weighted by Crippen LogP contribution is 2.39. The van der Waals surface area contributed by atoms with Crippen LogP contribution in [0.15, 0.2) is 59.2 Å². The van der Waals surface area contributed by atoms with E-state index in [1.54, 1.807) is 17.2 Å². The molecular weight excluding hydrogens is 459 g/mol. The summed E-state index contributed by atoms with van der Waals surface area (Å²) in [4.78, 5) is 20.5. The summed E-state index contributed by atoms with van der Waals surface area (Å²) in [7, 11) is 0. The number of hydrogen-bond donors (Lipinski definition) is 0. The van der Waals surface area contributed by atoms with Gasteiger partial charge in [-0.1, -0.05) is 52.7 Å². The minimum atomic E-state index is -0.208. The van der Waals surface area contributed by atoms with Gasteiger partial charge < -0.3 is 4.42 Å². The largest absolute Gasteiger partial charge is 0.467 e. The van der Waals surface area contributed by atoms with Crippen molar-refractivity contribution in [1.82, 2.24) is 4.98 Å². The number of benzene rings is 2. The molecule has 3 aromatic heterocycles. The second-order valence-electron chi connectivity index (χ2n) is 6.73. The van der Waals surface area contributed by atoms with Crippen LogP contribution in [0.25, 0.3) is 20.3 Å². The summed E-state index contributed by atoms with van der Waals surface area (Å²) >= 11 is 15.7. The molecule has 5 rings (SSSR count). The molecule has 0 aliphatic heterocycles. The molecule has 8 heteroatoms. The van der Waals surface area contributed by atoms with Crippen molar-refractivity contribution in [3.63, 3.8) is 0 Å². The van der Waals surface area contributed by atoms with E-state index in [9.17, 15) is 4.79 Å². The van der Waals surface area contributed by atoms with E-state index in [-0.39, 0.29) is 12.5 Å². The van der Waals surface area contributed by atoms with Gasteiger partial charge in [0.1, 0.15) is 10.6 Å². The number of thiophene rings is 1. The number of rotatable bonds is 4. The normalized spacial score (nSPS) is 11.4. The lowest BCUT2D eigenvalue weighted by molar-refractivity contribution is 0.0987. The summed E-state index contributed by atoms with van der Waals surface area (Å²) in [6.45, 7) is 2.18. The maximum atomic E-state index is 13.6. The number of hydrogen-bond acceptors (Lipinski definition) is 5. The number of halogens is 2. The summed E-state index contributed by atoms with van der Waals surface area (Å²) in [5, 5.41) is 2.56. The van der Waals surface area contributed by atoms with Crippen LogP contribution in [0.3, 0.4) is 0 Å². The van der Waals surface area contributed by atoms with Crippen LogP contribution in [-0.2, 0) is 6.54 Å². The fourth-order valence-electron chi connectivity index (χ4n) is 3.26. The molecule has 4 nitrogen and oxygen atoms in total. The van der Waals surface area contributed by atoms with E-state index in [0.29, 0.717) is 25.8 Å². The lowest BCUT2D eigenvalue weighted by Crippen LogP contribution is -2.29. The van der Waals surface area contributed by atoms with Gasteiger partial charge in [-0.2, -0.15) is 0 Å².